The lowest BCUT2D eigenvalue weighted by molar-refractivity contribution is -0.389. The second kappa shape index (κ2) is 8.86. The number of amides is 2. The summed E-state index contributed by atoms with van der Waals surface area (Å²) in [7, 11) is 1.68. The highest BCUT2D eigenvalue weighted by molar-refractivity contribution is 6.33. The van der Waals surface area contributed by atoms with E-state index in [-0.39, 0.29) is 33.6 Å². The molecule has 194 valence electrons. The minimum Gasteiger partial charge on any atom is -0.358 e. The Bertz CT molecular complexity index is 1220. The highest BCUT2D eigenvalue weighted by Gasteiger charge is 2.61. The third-order valence-corrected chi connectivity index (χ3v) is 8.74. The lowest BCUT2D eigenvalue weighted by atomic mass is 9.46. The predicted molar refractivity (Wildman–Crippen MR) is 133 cm³/mol. The fourth-order valence-electron chi connectivity index (χ4n) is 7.56. The molecule has 4 bridgehead atoms. The lowest BCUT2D eigenvalue weighted by Gasteiger charge is -2.61. The number of hydrogen-bond donors (Lipinski definition) is 2. The molecule has 36 heavy (non-hydrogen) atoms. The molecule has 2 amide bonds. The number of halogens is 1. The molecule has 2 atom stereocenters. The van der Waals surface area contributed by atoms with Crippen LogP contribution in [0.15, 0.2) is 6.20 Å². The lowest BCUT2D eigenvalue weighted by Crippen LogP contribution is -2.57. The van der Waals surface area contributed by atoms with Gasteiger partial charge in [-0.05, 0) is 74.0 Å². The van der Waals surface area contributed by atoms with Crippen molar-refractivity contribution in [1.29, 1.82) is 0 Å². The van der Waals surface area contributed by atoms with Gasteiger partial charge >= 0.3 is 5.82 Å². The number of nitrogens with one attached hydrogen (secondary N) is 2. The number of carbonyl (C=O) groups excluding carboxylic acids is 2. The number of anilines is 1. The van der Waals surface area contributed by atoms with Gasteiger partial charge < -0.3 is 20.7 Å². The molecule has 0 aliphatic heterocycles. The van der Waals surface area contributed by atoms with Gasteiger partial charge in [0.15, 0.2) is 5.02 Å². The van der Waals surface area contributed by atoms with Gasteiger partial charge in [-0.25, -0.2) is 0 Å². The standard InChI is InChI=1S/C24H32ClN7O4/c1-4-5-26-22(34)20-17(12-27-30(20)3)28-18(33)11-23-7-15-6-16(8-23)10-24(9-15,13-23)31-14(2)19(25)21(29-31)32(35)36/h12,15-16H,4-11,13H2,1-3H3,(H,26,34)(H,28,33). The Morgan fingerprint density at radius 3 is 2.58 bits per heavy atom. The zero-order valence-electron chi connectivity index (χ0n) is 20.8. The monoisotopic (exact) mass is 517 g/mol. The average molecular weight is 518 g/mol. The molecule has 2 aromatic heterocycles. The molecular weight excluding hydrogens is 486 g/mol. The maximum Gasteiger partial charge on any atom is 0.408 e. The quantitative estimate of drug-likeness (QED) is 0.401. The van der Waals surface area contributed by atoms with Crippen LogP contribution in [0, 0.1) is 34.3 Å². The normalized spacial score (nSPS) is 28.3. The second-order valence-electron chi connectivity index (χ2n) is 11.1. The van der Waals surface area contributed by atoms with E-state index in [0.717, 1.165) is 44.9 Å². The Kier molecular flexibility index (Phi) is 6.09. The molecule has 6 rings (SSSR count). The van der Waals surface area contributed by atoms with Crippen molar-refractivity contribution in [3.8, 4) is 0 Å². The summed E-state index contributed by atoms with van der Waals surface area (Å²) in [5.41, 5.74) is 0.753. The number of rotatable bonds is 8. The van der Waals surface area contributed by atoms with Gasteiger partial charge in [-0.1, -0.05) is 18.5 Å². The maximum atomic E-state index is 13.3. The van der Waals surface area contributed by atoms with Crippen molar-refractivity contribution in [3.05, 3.63) is 32.7 Å². The van der Waals surface area contributed by atoms with E-state index in [2.05, 4.69) is 20.8 Å². The first-order valence-corrected chi connectivity index (χ1v) is 12.9. The van der Waals surface area contributed by atoms with Gasteiger partial charge in [0.25, 0.3) is 5.91 Å². The van der Waals surface area contributed by atoms with Crippen molar-refractivity contribution in [1.82, 2.24) is 24.9 Å². The van der Waals surface area contributed by atoms with E-state index in [4.69, 9.17) is 11.6 Å². The molecule has 2 heterocycles. The van der Waals surface area contributed by atoms with Crippen LogP contribution in [-0.4, -0.2) is 42.8 Å². The second-order valence-corrected chi connectivity index (χ2v) is 11.5. The SMILES string of the molecule is CCCNC(=O)c1c(NC(=O)CC23CC4CC(C2)CC(n2nc([N+](=O)[O-])c(Cl)c2C)(C4)C3)cnn1C. The molecule has 12 heteroatoms. The van der Waals surface area contributed by atoms with Crippen LogP contribution < -0.4 is 10.6 Å². The van der Waals surface area contributed by atoms with Crippen LogP contribution in [0.4, 0.5) is 11.5 Å². The molecule has 2 aromatic rings. The third-order valence-electron chi connectivity index (χ3n) is 8.30. The summed E-state index contributed by atoms with van der Waals surface area (Å²) < 4.78 is 3.27. The molecule has 4 saturated carbocycles. The van der Waals surface area contributed by atoms with E-state index in [1.165, 1.54) is 10.9 Å². The predicted octanol–water partition coefficient (Wildman–Crippen LogP) is 3.95. The first-order valence-electron chi connectivity index (χ1n) is 12.6. The highest BCUT2D eigenvalue weighted by Crippen LogP contribution is 2.65. The largest absolute Gasteiger partial charge is 0.408 e. The van der Waals surface area contributed by atoms with E-state index in [9.17, 15) is 19.7 Å². The van der Waals surface area contributed by atoms with Gasteiger partial charge in [-0.2, -0.15) is 9.78 Å². The van der Waals surface area contributed by atoms with Gasteiger partial charge in [0.2, 0.25) is 5.91 Å². The van der Waals surface area contributed by atoms with Gasteiger partial charge in [0, 0.05) is 20.0 Å². The first kappa shape index (κ1) is 24.7. The number of aromatic nitrogens is 4. The Balaban J connectivity index is 1.39. The molecule has 4 aliphatic carbocycles. The Morgan fingerprint density at radius 1 is 1.28 bits per heavy atom. The number of carbonyl (C=O) groups is 2. The Morgan fingerprint density at radius 2 is 1.97 bits per heavy atom. The van der Waals surface area contributed by atoms with Crippen LogP contribution in [0.25, 0.3) is 0 Å². The molecule has 11 nitrogen and oxygen atoms in total. The first-order chi connectivity index (χ1) is 17.1. The van der Waals surface area contributed by atoms with Crippen LogP contribution in [0.3, 0.4) is 0 Å². The fraction of sp³-hybridized carbons (Fsp3) is 0.667. The van der Waals surface area contributed by atoms with Crippen LogP contribution in [0.2, 0.25) is 5.02 Å². The van der Waals surface area contributed by atoms with Crippen LogP contribution >= 0.6 is 11.6 Å². The average Bonchev–Trinajstić information content (AvgIpc) is 3.30. The molecular formula is C24H32ClN7O4. The van der Waals surface area contributed by atoms with Crippen molar-refractivity contribution >= 4 is 34.9 Å². The summed E-state index contributed by atoms with van der Waals surface area (Å²) in [6, 6.07) is 0. The van der Waals surface area contributed by atoms with Gasteiger partial charge in [0.05, 0.1) is 28.2 Å². The van der Waals surface area contributed by atoms with E-state index in [0.29, 0.717) is 41.9 Å². The van der Waals surface area contributed by atoms with Crippen LogP contribution in [0.1, 0.15) is 74.5 Å². The Hall–Kier alpha value is -2.95. The molecule has 0 saturated heterocycles. The minimum atomic E-state index is -0.530. The summed E-state index contributed by atoms with van der Waals surface area (Å²) in [5.74, 6) is 0.157. The number of hydrogen-bond acceptors (Lipinski definition) is 6. The van der Waals surface area contributed by atoms with E-state index in [1.807, 2.05) is 6.92 Å². The molecule has 0 spiro atoms. The topological polar surface area (TPSA) is 137 Å². The van der Waals surface area contributed by atoms with Gasteiger partial charge in [-0.3, -0.25) is 14.3 Å². The smallest absolute Gasteiger partial charge is 0.358 e. The van der Waals surface area contributed by atoms with E-state index >= 15 is 0 Å². The zero-order valence-corrected chi connectivity index (χ0v) is 21.6. The van der Waals surface area contributed by atoms with Crippen molar-refractivity contribution in [2.24, 2.45) is 24.3 Å². The fourth-order valence-corrected chi connectivity index (χ4v) is 7.75. The van der Waals surface area contributed by atoms with Crippen molar-refractivity contribution in [2.75, 3.05) is 11.9 Å². The molecule has 4 aliphatic rings. The number of nitrogens with zero attached hydrogens (tertiary/aromatic N) is 5. The van der Waals surface area contributed by atoms with E-state index in [1.54, 1.807) is 18.7 Å². The summed E-state index contributed by atoms with van der Waals surface area (Å²) in [5, 5.41) is 25.9. The van der Waals surface area contributed by atoms with Crippen LogP contribution in [0.5, 0.6) is 0 Å². The molecule has 2 N–H and O–H groups in total. The summed E-state index contributed by atoms with van der Waals surface area (Å²) in [6.07, 6.45) is 8.18. The van der Waals surface area contributed by atoms with Crippen molar-refractivity contribution in [3.63, 3.8) is 0 Å². The summed E-state index contributed by atoms with van der Waals surface area (Å²) in [4.78, 5) is 36.9. The van der Waals surface area contributed by atoms with Crippen LogP contribution in [-0.2, 0) is 17.4 Å². The number of nitro groups is 1. The zero-order chi connectivity index (χ0) is 25.8. The maximum absolute atomic E-state index is 13.3. The molecule has 4 fully saturated rings. The highest BCUT2D eigenvalue weighted by atomic mass is 35.5. The van der Waals surface area contributed by atoms with Crippen molar-refractivity contribution < 1.29 is 14.5 Å². The van der Waals surface area contributed by atoms with E-state index < -0.39 is 4.92 Å². The van der Waals surface area contributed by atoms with Gasteiger partial charge in [0.1, 0.15) is 5.69 Å². The Labute approximate surface area is 214 Å². The van der Waals surface area contributed by atoms with Gasteiger partial charge in [-0.15, -0.1) is 0 Å². The molecule has 0 aromatic carbocycles. The summed E-state index contributed by atoms with van der Waals surface area (Å²) >= 11 is 6.30. The summed E-state index contributed by atoms with van der Waals surface area (Å²) in [6.45, 7) is 4.30. The third kappa shape index (κ3) is 4.07. The van der Waals surface area contributed by atoms with Crippen molar-refractivity contribution in [2.45, 2.75) is 70.8 Å². The number of aryl methyl sites for hydroxylation is 1. The molecule has 0 radical (unpaired) electrons. The molecule has 2 unspecified atom stereocenters. The minimum absolute atomic E-state index is 0.0907.